The fourth-order valence-corrected chi connectivity index (χ4v) is 3.97. The summed E-state index contributed by atoms with van der Waals surface area (Å²) in [5.41, 5.74) is 0. The van der Waals surface area contributed by atoms with Crippen molar-refractivity contribution in [2.24, 2.45) is 5.92 Å². The van der Waals surface area contributed by atoms with Gasteiger partial charge in [-0.15, -0.1) is 0 Å². The topological polar surface area (TPSA) is 141 Å². The van der Waals surface area contributed by atoms with Crippen LogP contribution in [0.1, 0.15) is 59.3 Å². The second-order valence-corrected chi connectivity index (χ2v) is 9.42. The zero-order valence-corrected chi connectivity index (χ0v) is 21.5. The molecule has 192 valence electrons. The lowest BCUT2D eigenvalue weighted by Crippen LogP contribution is -2.53. The Morgan fingerprint density at radius 3 is 2.41 bits per heavy atom. The maximum Gasteiger partial charge on any atom is 0.328 e. The molecule has 11 heteroatoms. The van der Waals surface area contributed by atoms with Crippen molar-refractivity contribution >= 4 is 47.0 Å². The first-order valence-electron chi connectivity index (χ1n) is 11.8. The highest BCUT2D eigenvalue weighted by Crippen LogP contribution is 2.16. The van der Waals surface area contributed by atoms with Crippen molar-refractivity contribution in [2.75, 3.05) is 26.7 Å². The number of hydrogen-bond acceptors (Lipinski definition) is 8. The summed E-state index contributed by atoms with van der Waals surface area (Å²) < 4.78 is 5.25. The van der Waals surface area contributed by atoms with E-state index < -0.39 is 29.7 Å². The molecule has 0 aromatic rings. The molecular weight excluding hydrogens is 458 g/mol. The highest BCUT2D eigenvalue weighted by molar-refractivity contribution is 7.80. The number of nitrogens with zero attached hydrogens (tertiary/aromatic N) is 1. The molecule has 0 spiro atoms. The zero-order valence-electron chi connectivity index (χ0n) is 20.6. The smallest absolute Gasteiger partial charge is 0.328 e. The number of unbranched alkanes of at least 4 members (excludes halogenated alkanes) is 1. The quantitative estimate of drug-likeness (QED) is 0.114. The summed E-state index contributed by atoms with van der Waals surface area (Å²) in [7, 11) is 2.02. The van der Waals surface area contributed by atoms with Crippen molar-refractivity contribution in [3.63, 3.8) is 0 Å². The highest BCUT2D eigenvalue weighted by Gasteiger charge is 2.30. The number of hydrogen-bond donors (Lipinski definition) is 4. The molecule has 1 fully saturated rings. The second-order valence-electron chi connectivity index (χ2n) is 8.98. The minimum absolute atomic E-state index is 0.0403. The minimum Gasteiger partial charge on any atom is -0.461 e. The SMILES string of the molecule is CC(=O)NCCCC[C@H](NC(=S)C1CCN(C)C1)C(=O)N[C@@H](CCC(=O)C=N)C(=O)OC(C)C. The minimum atomic E-state index is -1.01. The molecule has 0 bridgehead atoms. The lowest BCUT2D eigenvalue weighted by Gasteiger charge is -2.25. The molecule has 10 nitrogen and oxygen atoms in total. The van der Waals surface area contributed by atoms with Gasteiger partial charge in [0.25, 0.3) is 0 Å². The summed E-state index contributed by atoms with van der Waals surface area (Å²) in [4.78, 5) is 51.2. The molecule has 1 aliphatic heterocycles. The third kappa shape index (κ3) is 11.6. The van der Waals surface area contributed by atoms with E-state index in [-0.39, 0.29) is 30.8 Å². The van der Waals surface area contributed by atoms with Crippen molar-refractivity contribution in [3.8, 4) is 0 Å². The number of thiocarbonyl (C=S) groups is 1. The maximum atomic E-state index is 13.2. The molecule has 1 unspecified atom stereocenters. The number of nitrogens with one attached hydrogen (secondary N) is 4. The fourth-order valence-electron chi connectivity index (χ4n) is 3.64. The average molecular weight is 498 g/mol. The monoisotopic (exact) mass is 497 g/mol. The van der Waals surface area contributed by atoms with Crippen LogP contribution >= 0.6 is 12.2 Å². The van der Waals surface area contributed by atoms with E-state index in [1.54, 1.807) is 13.8 Å². The van der Waals surface area contributed by atoms with E-state index in [1.807, 2.05) is 7.05 Å². The third-order valence-corrected chi connectivity index (χ3v) is 5.93. The summed E-state index contributed by atoms with van der Waals surface area (Å²) in [6.07, 6.45) is 3.03. The molecule has 0 aromatic heterocycles. The van der Waals surface area contributed by atoms with Crippen molar-refractivity contribution in [3.05, 3.63) is 0 Å². The number of esters is 1. The summed E-state index contributed by atoms with van der Waals surface area (Å²) >= 11 is 5.59. The summed E-state index contributed by atoms with van der Waals surface area (Å²) in [6.45, 7) is 7.12. The van der Waals surface area contributed by atoms with Crippen LogP contribution in [0.3, 0.4) is 0 Å². The maximum absolute atomic E-state index is 13.2. The second kappa shape index (κ2) is 15.5. The molecular formula is C23H39N5O5S. The molecule has 0 saturated carbocycles. The lowest BCUT2D eigenvalue weighted by molar-refractivity contribution is -0.151. The fraction of sp³-hybridized carbons (Fsp3) is 0.739. The Morgan fingerprint density at radius 1 is 1.15 bits per heavy atom. The number of ether oxygens (including phenoxy) is 1. The number of amides is 2. The molecule has 1 rings (SSSR count). The first kappa shape index (κ1) is 29.6. The largest absolute Gasteiger partial charge is 0.461 e. The van der Waals surface area contributed by atoms with Gasteiger partial charge in [0, 0.05) is 32.4 Å². The normalized spacial score (nSPS) is 17.5. The van der Waals surface area contributed by atoms with Crippen molar-refractivity contribution in [1.82, 2.24) is 20.9 Å². The van der Waals surface area contributed by atoms with Crippen molar-refractivity contribution < 1.29 is 23.9 Å². The Hall–Kier alpha value is -2.40. The molecule has 0 aromatic carbocycles. The summed E-state index contributed by atoms with van der Waals surface area (Å²) in [6, 6.07) is -1.67. The first-order valence-corrected chi connectivity index (χ1v) is 12.2. The van der Waals surface area contributed by atoms with Gasteiger partial charge < -0.3 is 31.0 Å². The van der Waals surface area contributed by atoms with Crippen LogP contribution in [0.4, 0.5) is 0 Å². The molecule has 1 saturated heterocycles. The van der Waals surface area contributed by atoms with E-state index in [0.29, 0.717) is 37.0 Å². The van der Waals surface area contributed by atoms with Crippen LogP contribution in [0.5, 0.6) is 0 Å². The van der Waals surface area contributed by atoms with Crippen molar-refractivity contribution in [2.45, 2.75) is 77.5 Å². The number of rotatable bonds is 15. The Labute approximate surface area is 207 Å². The van der Waals surface area contributed by atoms with Crippen LogP contribution in [-0.2, 0) is 23.9 Å². The number of likely N-dealkylation sites (tertiary alicyclic amines) is 1. The molecule has 1 aliphatic rings. The molecule has 0 radical (unpaired) electrons. The number of carbonyl (C=O) groups is 4. The van der Waals surface area contributed by atoms with E-state index in [1.165, 1.54) is 6.92 Å². The predicted molar refractivity (Wildman–Crippen MR) is 134 cm³/mol. The first-order chi connectivity index (χ1) is 16.0. The van der Waals surface area contributed by atoms with Crippen LogP contribution in [0.15, 0.2) is 0 Å². The van der Waals surface area contributed by atoms with Crippen LogP contribution in [0.2, 0.25) is 0 Å². The average Bonchev–Trinajstić information content (AvgIpc) is 3.20. The van der Waals surface area contributed by atoms with Gasteiger partial charge in [0.2, 0.25) is 11.8 Å². The zero-order chi connectivity index (χ0) is 25.7. The molecule has 2 amide bonds. The van der Waals surface area contributed by atoms with Gasteiger partial charge in [0.05, 0.1) is 17.3 Å². The standard InChI is InChI=1S/C23H39N5O5S/c1-15(2)33-23(32)20(9-8-18(30)13-24)26-21(31)19(7-5-6-11-25-16(3)29)27-22(34)17-10-12-28(4)14-17/h13,15,17,19-20,24H,5-12,14H2,1-4H3,(H,25,29)(H,26,31)(H,27,34)/t17?,19-,20-/m0/s1. The number of ketones is 1. The van der Waals surface area contributed by atoms with Gasteiger partial charge in [-0.3, -0.25) is 14.4 Å². The van der Waals surface area contributed by atoms with Crippen LogP contribution < -0.4 is 16.0 Å². The van der Waals surface area contributed by atoms with Gasteiger partial charge in [-0.1, -0.05) is 12.2 Å². The van der Waals surface area contributed by atoms with E-state index >= 15 is 0 Å². The third-order valence-electron chi connectivity index (χ3n) is 5.48. The Bertz CT molecular complexity index is 745. The van der Waals surface area contributed by atoms with Gasteiger partial charge >= 0.3 is 5.97 Å². The Kier molecular flexibility index (Phi) is 13.5. The van der Waals surface area contributed by atoms with E-state index in [0.717, 1.165) is 19.5 Å². The Balaban J connectivity index is 2.86. The molecule has 4 N–H and O–H groups in total. The number of carbonyl (C=O) groups excluding carboxylic acids is 4. The molecule has 34 heavy (non-hydrogen) atoms. The van der Waals surface area contributed by atoms with Gasteiger partial charge in [-0.05, 0) is 59.5 Å². The van der Waals surface area contributed by atoms with Gasteiger partial charge in [0.15, 0.2) is 5.78 Å². The van der Waals surface area contributed by atoms with E-state index in [2.05, 4.69) is 20.9 Å². The highest BCUT2D eigenvalue weighted by atomic mass is 32.1. The van der Waals surface area contributed by atoms with Crippen LogP contribution in [-0.4, -0.2) is 84.5 Å². The van der Waals surface area contributed by atoms with Gasteiger partial charge in [0.1, 0.15) is 12.1 Å². The van der Waals surface area contributed by atoms with Gasteiger partial charge in [-0.25, -0.2) is 4.79 Å². The summed E-state index contributed by atoms with van der Waals surface area (Å²) in [5.74, 6) is -1.41. The van der Waals surface area contributed by atoms with Gasteiger partial charge in [-0.2, -0.15) is 0 Å². The Morgan fingerprint density at radius 2 is 1.85 bits per heavy atom. The predicted octanol–water partition coefficient (Wildman–Crippen LogP) is 0.965. The van der Waals surface area contributed by atoms with Crippen molar-refractivity contribution in [1.29, 1.82) is 5.41 Å². The molecule has 1 heterocycles. The number of Topliss-reactive ketones (excluding diaryl/α,β-unsaturated/α-hetero) is 1. The molecule has 3 atom stereocenters. The van der Waals surface area contributed by atoms with E-state index in [9.17, 15) is 19.2 Å². The van der Waals surface area contributed by atoms with Crippen LogP contribution in [0, 0.1) is 11.3 Å². The summed E-state index contributed by atoms with van der Waals surface area (Å²) in [5, 5.41) is 15.7. The molecule has 0 aliphatic carbocycles. The lowest BCUT2D eigenvalue weighted by atomic mass is 10.0. The van der Waals surface area contributed by atoms with E-state index in [4.69, 9.17) is 22.4 Å². The van der Waals surface area contributed by atoms with Crippen LogP contribution in [0.25, 0.3) is 0 Å².